The molecule has 0 saturated heterocycles. The summed E-state index contributed by atoms with van der Waals surface area (Å²) in [7, 11) is 0. The van der Waals surface area contributed by atoms with Crippen LogP contribution in [0.2, 0.25) is 5.02 Å². The van der Waals surface area contributed by atoms with E-state index in [1.807, 2.05) is 13.8 Å². The zero-order valence-corrected chi connectivity index (χ0v) is 11.2. The topological polar surface area (TPSA) is 55.4 Å². The second-order valence-electron chi connectivity index (χ2n) is 3.97. The van der Waals surface area contributed by atoms with E-state index in [1.54, 1.807) is 12.1 Å². The number of benzene rings is 1. The Hall–Kier alpha value is -1.55. The van der Waals surface area contributed by atoms with Crippen molar-refractivity contribution in [1.29, 1.82) is 0 Å². The Balaban J connectivity index is 2.58. The minimum atomic E-state index is -0.212. The number of nitrogens with one attached hydrogen (secondary N) is 1. The molecule has 18 heavy (non-hydrogen) atoms. The molecule has 1 aromatic rings. The van der Waals surface area contributed by atoms with Crippen LogP contribution in [0.5, 0.6) is 5.75 Å². The Bertz CT molecular complexity index is 434. The van der Waals surface area contributed by atoms with Crippen LogP contribution >= 0.6 is 11.6 Å². The Morgan fingerprint density at radius 1 is 1.56 bits per heavy atom. The zero-order valence-electron chi connectivity index (χ0n) is 10.4. The normalized spacial score (nSPS) is 11.7. The number of carbonyl (C=O) groups excluding carboxylic acids is 2. The highest BCUT2D eigenvalue weighted by Gasteiger charge is 2.09. The molecule has 1 aromatic carbocycles. The summed E-state index contributed by atoms with van der Waals surface area (Å²) in [6.45, 7) is 3.78. The highest BCUT2D eigenvalue weighted by molar-refractivity contribution is 6.30. The summed E-state index contributed by atoms with van der Waals surface area (Å²) in [5.74, 6) is 0.143. The fourth-order valence-corrected chi connectivity index (χ4v) is 1.49. The quantitative estimate of drug-likeness (QED) is 0.807. The molecule has 1 N–H and O–H groups in total. The second-order valence-corrected chi connectivity index (χ2v) is 4.40. The number of carbonyl (C=O) groups is 2. The van der Waals surface area contributed by atoms with Gasteiger partial charge in [-0.2, -0.15) is 0 Å². The molecule has 0 heterocycles. The molecule has 0 spiro atoms. The predicted molar refractivity (Wildman–Crippen MR) is 70.2 cm³/mol. The van der Waals surface area contributed by atoms with E-state index < -0.39 is 0 Å². The van der Waals surface area contributed by atoms with E-state index in [4.69, 9.17) is 16.3 Å². The lowest BCUT2D eigenvalue weighted by Crippen LogP contribution is -2.35. The van der Waals surface area contributed by atoms with Crippen molar-refractivity contribution in [2.45, 2.75) is 26.3 Å². The van der Waals surface area contributed by atoms with Crippen molar-refractivity contribution in [1.82, 2.24) is 5.32 Å². The summed E-state index contributed by atoms with van der Waals surface area (Å²) in [5, 5.41) is 3.22. The summed E-state index contributed by atoms with van der Waals surface area (Å²) >= 11 is 5.75. The Labute approximate surface area is 111 Å². The van der Waals surface area contributed by atoms with Crippen LogP contribution in [0.15, 0.2) is 18.2 Å². The maximum Gasteiger partial charge on any atom is 0.258 e. The van der Waals surface area contributed by atoms with E-state index in [0.717, 1.165) is 6.42 Å². The summed E-state index contributed by atoms with van der Waals surface area (Å²) < 4.78 is 5.29. The summed E-state index contributed by atoms with van der Waals surface area (Å²) in [4.78, 5) is 22.3. The van der Waals surface area contributed by atoms with Gasteiger partial charge in [0.25, 0.3) is 5.91 Å². The highest BCUT2D eigenvalue weighted by Crippen LogP contribution is 2.21. The molecule has 0 saturated carbocycles. The SMILES string of the molecule is CCC(C)NC(=O)COc1ccc(Cl)cc1C=O. The smallest absolute Gasteiger partial charge is 0.258 e. The van der Waals surface area contributed by atoms with Gasteiger partial charge in [0, 0.05) is 11.1 Å². The molecule has 0 aromatic heterocycles. The molecule has 0 aliphatic carbocycles. The molecule has 5 heteroatoms. The van der Waals surface area contributed by atoms with Gasteiger partial charge in [-0.15, -0.1) is 0 Å². The second kappa shape index (κ2) is 7.01. The Morgan fingerprint density at radius 2 is 2.28 bits per heavy atom. The molecular formula is C13H16ClNO3. The number of ether oxygens (including phenoxy) is 1. The molecular weight excluding hydrogens is 254 g/mol. The lowest BCUT2D eigenvalue weighted by Gasteiger charge is -2.12. The van der Waals surface area contributed by atoms with Gasteiger partial charge in [0.2, 0.25) is 0 Å². The van der Waals surface area contributed by atoms with Crippen molar-refractivity contribution in [3.05, 3.63) is 28.8 Å². The third-order valence-corrected chi connectivity index (χ3v) is 2.71. The molecule has 0 aliphatic rings. The van der Waals surface area contributed by atoms with Crippen molar-refractivity contribution < 1.29 is 14.3 Å². The van der Waals surface area contributed by atoms with Crippen LogP contribution in [-0.4, -0.2) is 24.8 Å². The van der Waals surface area contributed by atoms with Crippen molar-refractivity contribution >= 4 is 23.8 Å². The van der Waals surface area contributed by atoms with Crippen molar-refractivity contribution in [3.8, 4) is 5.75 Å². The third-order valence-electron chi connectivity index (χ3n) is 2.48. The molecule has 1 rings (SSSR count). The van der Waals surface area contributed by atoms with Gasteiger partial charge in [-0.25, -0.2) is 0 Å². The maximum atomic E-state index is 11.5. The largest absolute Gasteiger partial charge is 0.483 e. The molecule has 0 fully saturated rings. The predicted octanol–water partition coefficient (Wildman–Crippen LogP) is 2.45. The van der Waals surface area contributed by atoms with Gasteiger partial charge in [-0.05, 0) is 31.5 Å². The van der Waals surface area contributed by atoms with Crippen LogP contribution < -0.4 is 10.1 Å². The van der Waals surface area contributed by atoms with Crippen LogP contribution in [0.3, 0.4) is 0 Å². The van der Waals surface area contributed by atoms with E-state index in [2.05, 4.69) is 5.32 Å². The fraction of sp³-hybridized carbons (Fsp3) is 0.385. The molecule has 1 amide bonds. The van der Waals surface area contributed by atoms with Gasteiger partial charge in [0.15, 0.2) is 12.9 Å². The van der Waals surface area contributed by atoms with Crippen LogP contribution in [0.25, 0.3) is 0 Å². The number of aldehydes is 1. The minimum absolute atomic E-state index is 0.108. The van der Waals surface area contributed by atoms with Gasteiger partial charge < -0.3 is 10.1 Å². The van der Waals surface area contributed by atoms with Crippen LogP contribution in [0, 0.1) is 0 Å². The number of halogens is 1. The first-order valence-electron chi connectivity index (χ1n) is 5.73. The lowest BCUT2D eigenvalue weighted by molar-refractivity contribution is -0.123. The highest BCUT2D eigenvalue weighted by atomic mass is 35.5. The fourth-order valence-electron chi connectivity index (χ4n) is 1.30. The Kier molecular flexibility index (Phi) is 5.65. The van der Waals surface area contributed by atoms with Crippen LogP contribution in [0.1, 0.15) is 30.6 Å². The monoisotopic (exact) mass is 269 g/mol. The van der Waals surface area contributed by atoms with Crippen molar-refractivity contribution in [2.75, 3.05) is 6.61 Å². The number of hydrogen-bond acceptors (Lipinski definition) is 3. The van der Waals surface area contributed by atoms with Crippen LogP contribution in [-0.2, 0) is 4.79 Å². The molecule has 98 valence electrons. The number of rotatable bonds is 6. The molecule has 1 atom stereocenters. The maximum absolute atomic E-state index is 11.5. The first-order chi connectivity index (χ1) is 8.56. The van der Waals surface area contributed by atoms with Gasteiger partial charge in [0.1, 0.15) is 5.75 Å². The zero-order chi connectivity index (χ0) is 13.5. The van der Waals surface area contributed by atoms with E-state index >= 15 is 0 Å². The van der Waals surface area contributed by atoms with Gasteiger partial charge in [-0.1, -0.05) is 18.5 Å². The third kappa shape index (κ3) is 4.37. The summed E-state index contributed by atoms with van der Waals surface area (Å²) in [6.07, 6.45) is 1.50. The molecule has 0 radical (unpaired) electrons. The van der Waals surface area contributed by atoms with E-state index in [0.29, 0.717) is 22.6 Å². The lowest BCUT2D eigenvalue weighted by atomic mass is 10.2. The first kappa shape index (κ1) is 14.5. The average Bonchev–Trinajstić information content (AvgIpc) is 2.36. The van der Waals surface area contributed by atoms with Crippen molar-refractivity contribution in [3.63, 3.8) is 0 Å². The van der Waals surface area contributed by atoms with E-state index in [-0.39, 0.29) is 18.6 Å². The summed E-state index contributed by atoms with van der Waals surface area (Å²) in [6, 6.07) is 4.78. The Morgan fingerprint density at radius 3 is 2.89 bits per heavy atom. The van der Waals surface area contributed by atoms with Crippen molar-refractivity contribution in [2.24, 2.45) is 0 Å². The molecule has 4 nitrogen and oxygen atoms in total. The van der Waals surface area contributed by atoms with Gasteiger partial charge in [0.05, 0.1) is 5.56 Å². The minimum Gasteiger partial charge on any atom is -0.483 e. The van der Waals surface area contributed by atoms with E-state index in [1.165, 1.54) is 6.07 Å². The number of hydrogen-bond donors (Lipinski definition) is 1. The average molecular weight is 270 g/mol. The number of amides is 1. The molecule has 1 unspecified atom stereocenters. The molecule has 0 bridgehead atoms. The van der Waals surface area contributed by atoms with Gasteiger partial charge >= 0.3 is 0 Å². The van der Waals surface area contributed by atoms with Crippen LogP contribution in [0.4, 0.5) is 0 Å². The standard InChI is InChI=1S/C13H16ClNO3/c1-3-9(2)15-13(17)8-18-12-5-4-11(14)6-10(12)7-16/h4-7,9H,3,8H2,1-2H3,(H,15,17). The first-order valence-corrected chi connectivity index (χ1v) is 6.11. The summed E-state index contributed by atoms with van der Waals surface area (Å²) in [5.41, 5.74) is 0.332. The molecule has 0 aliphatic heterocycles. The van der Waals surface area contributed by atoms with Gasteiger partial charge in [-0.3, -0.25) is 9.59 Å². The van der Waals surface area contributed by atoms with E-state index in [9.17, 15) is 9.59 Å².